The highest BCUT2D eigenvalue weighted by molar-refractivity contribution is 5.20. The molecule has 2 rings (SSSR count). The third-order valence-corrected chi connectivity index (χ3v) is 4.00. The minimum absolute atomic E-state index is 0.531. The minimum Gasteiger partial charge on any atom is -0.389 e. The lowest BCUT2D eigenvalue weighted by molar-refractivity contribution is -0.0119. The third-order valence-electron chi connectivity index (χ3n) is 4.00. The molecule has 2 unspecified atom stereocenters. The summed E-state index contributed by atoms with van der Waals surface area (Å²) < 4.78 is 5.13. The van der Waals surface area contributed by atoms with Crippen LogP contribution in [0, 0.1) is 19.8 Å². The second kappa shape index (κ2) is 5.41. The molecule has 1 aromatic rings. The highest BCUT2D eigenvalue weighted by Gasteiger charge is 2.32. The van der Waals surface area contributed by atoms with Gasteiger partial charge in [0.2, 0.25) is 0 Å². The van der Waals surface area contributed by atoms with Gasteiger partial charge in [0.25, 0.3) is 0 Å². The summed E-state index contributed by atoms with van der Waals surface area (Å²) in [6.45, 7) is 7.47. The highest BCUT2D eigenvalue weighted by atomic mass is 16.5. The van der Waals surface area contributed by atoms with E-state index < -0.39 is 5.60 Å². The zero-order chi connectivity index (χ0) is 13.2. The Labute approximate surface area is 109 Å². The third kappa shape index (κ3) is 3.12. The molecule has 2 atom stereocenters. The summed E-state index contributed by atoms with van der Waals surface area (Å²) in [5, 5.41) is 17.8. The fraction of sp³-hybridized carbons (Fsp3) is 0.786. The van der Waals surface area contributed by atoms with Gasteiger partial charge < -0.3 is 14.9 Å². The molecule has 102 valence electrons. The fourth-order valence-corrected chi connectivity index (χ4v) is 2.97. The van der Waals surface area contributed by atoms with Gasteiger partial charge in [-0.15, -0.1) is 0 Å². The van der Waals surface area contributed by atoms with Gasteiger partial charge in [0.15, 0.2) is 0 Å². The molecule has 0 saturated heterocycles. The van der Waals surface area contributed by atoms with E-state index in [2.05, 4.69) is 17.4 Å². The van der Waals surface area contributed by atoms with E-state index in [0.717, 1.165) is 42.8 Å². The maximum Gasteiger partial charge on any atom is 0.138 e. The molecule has 1 fully saturated rings. The number of rotatable bonds is 4. The van der Waals surface area contributed by atoms with Crippen molar-refractivity contribution < 1.29 is 9.63 Å². The second-order valence-corrected chi connectivity index (χ2v) is 5.83. The Morgan fingerprint density at radius 1 is 1.50 bits per heavy atom. The van der Waals surface area contributed by atoms with Crippen LogP contribution in [0.25, 0.3) is 0 Å². The van der Waals surface area contributed by atoms with Crippen molar-refractivity contribution in [2.45, 2.75) is 58.6 Å². The second-order valence-electron chi connectivity index (χ2n) is 5.83. The minimum atomic E-state index is -0.531. The van der Waals surface area contributed by atoms with Gasteiger partial charge in [0.1, 0.15) is 5.76 Å². The molecule has 1 saturated carbocycles. The molecule has 1 aliphatic carbocycles. The normalized spacial score (nSPS) is 28.6. The van der Waals surface area contributed by atoms with E-state index in [0.29, 0.717) is 12.5 Å². The summed E-state index contributed by atoms with van der Waals surface area (Å²) >= 11 is 0. The van der Waals surface area contributed by atoms with Crippen LogP contribution in [0.2, 0.25) is 0 Å². The van der Waals surface area contributed by atoms with Crippen molar-refractivity contribution in [3.05, 3.63) is 17.0 Å². The fourth-order valence-electron chi connectivity index (χ4n) is 2.97. The van der Waals surface area contributed by atoms with Gasteiger partial charge in [-0.2, -0.15) is 0 Å². The van der Waals surface area contributed by atoms with E-state index in [-0.39, 0.29) is 0 Å². The molecule has 4 heteroatoms. The van der Waals surface area contributed by atoms with Gasteiger partial charge in [-0.25, -0.2) is 0 Å². The van der Waals surface area contributed by atoms with Crippen molar-refractivity contribution in [2.75, 3.05) is 6.54 Å². The lowest BCUT2D eigenvalue weighted by Crippen LogP contribution is -2.43. The lowest BCUT2D eigenvalue weighted by atomic mass is 9.79. The first-order valence-corrected chi connectivity index (χ1v) is 6.85. The van der Waals surface area contributed by atoms with Crippen LogP contribution in [0.5, 0.6) is 0 Å². The summed E-state index contributed by atoms with van der Waals surface area (Å²) in [6.07, 6.45) is 4.18. The number of hydrogen-bond acceptors (Lipinski definition) is 4. The average Bonchev–Trinajstić information content (AvgIpc) is 2.60. The first-order valence-electron chi connectivity index (χ1n) is 6.85. The summed E-state index contributed by atoms with van der Waals surface area (Å²) in [4.78, 5) is 0. The SMILES string of the molecule is Cc1noc(C)c1CNCC1(O)CCCC(C)C1. The largest absolute Gasteiger partial charge is 0.389 e. The molecule has 0 spiro atoms. The molecule has 0 bridgehead atoms. The zero-order valence-corrected chi connectivity index (χ0v) is 11.6. The number of nitrogens with zero attached hydrogens (tertiary/aromatic N) is 1. The number of aliphatic hydroxyl groups is 1. The molecular formula is C14H24N2O2. The van der Waals surface area contributed by atoms with Crippen molar-refractivity contribution in [1.82, 2.24) is 10.5 Å². The van der Waals surface area contributed by atoms with Crippen LogP contribution in [0.15, 0.2) is 4.52 Å². The zero-order valence-electron chi connectivity index (χ0n) is 11.6. The van der Waals surface area contributed by atoms with Gasteiger partial charge >= 0.3 is 0 Å². The highest BCUT2D eigenvalue weighted by Crippen LogP contribution is 2.31. The number of aryl methyl sites for hydroxylation is 2. The van der Waals surface area contributed by atoms with Crippen molar-refractivity contribution in [2.24, 2.45) is 5.92 Å². The summed E-state index contributed by atoms with van der Waals surface area (Å²) in [6, 6.07) is 0. The number of aromatic nitrogens is 1. The van der Waals surface area contributed by atoms with Gasteiger partial charge in [0.05, 0.1) is 11.3 Å². The predicted molar refractivity (Wildman–Crippen MR) is 70.3 cm³/mol. The molecule has 0 aliphatic heterocycles. The van der Waals surface area contributed by atoms with E-state index in [4.69, 9.17) is 4.52 Å². The van der Waals surface area contributed by atoms with Gasteiger partial charge in [-0.1, -0.05) is 24.9 Å². The molecule has 4 nitrogen and oxygen atoms in total. The smallest absolute Gasteiger partial charge is 0.138 e. The first kappa shape index (κ1) is 13.6. The van der Waals surface area contributed by atoms with E-state index in [1.807, 2.05) is 13.8 Å². The molecule has 1 aromatic heterocycles. The van der Waals surface area contributed by atoms with Crippen LogP contribution < -0.4 is 5.32 Å². The Kier molecular flexibility index (Phi) is 4.07. The molecule has 0 radical (unpaired) electrons. The van der Waals surface area contributed by atoms with Crippen LogP contribution >= 0.6 is 0 Å². The maximum atomic E-state index is 10.5. The van der Waals surface area contributed by atoms with Gasteiger partial charge in [-0.05, 0) is 32.6 Å². The van der Waals surface area contributed by atoms with Gasteiger partial charge in [0, 0.05) is 18.7 Å². The Morgan fingerprint density at radius 2 is 2.28 bits per heavy atom. The summed E-state index contributed by atoms with van der Waals surface area (Å²) in [7, 11) is 0. The molecular weight excluding hydrogens is 228 g/mol. The van der Waals surface area contributed by atoms with Crippen LogP contribution in [-0.2, 0) is 6.54 Å². The average molecular weight is 252 g/mol. The van der Waals surface area contributed by atoms with Crippen LogP contribution in [0.1, 0.15) is 49.6 Å². The van der Waals surface area contributed by atoms with Crippen LogP contribution in [-0.4, -0.2) is 22.4 Å². The summed E-state index contributed by atoms with van der Waals surface area (Å²) in [5.74, 6) is 1.49. The van der Waals surface area contributed by atoms with Crippen LogP contribution in [0.4, 0.5) is 0 Å². The Bertz CT molecular complexity index is 383. The quantitative estimate of drug-likeness (QED) is 0.863. The van der Waals surface area contributed by atoms with E-state index in [1.165, 1.54) is 6.42 Å². The van der Waals surface area contributed by atoms with Gasteiger partial charge in [-0.3, -0.25) is 0 Å². The van der Waals surface area contributed by atoms with Crippen molar-refractivity contribution >= 4 is 0 Å². The Morgan fingerprint density at radius 3 is 2.89 bits per heavy atom. The molecule has 0 amide bonds. The number of nitrogens with one attached hydrogen (secondary N) is 1. The topological polar surface area (TPSA) is 58.3 Å². The molecule has 2 N–H and O–H groups in total. The molecule has 1 aliphatic rings. The van der Waals surface area contributed by atoms with Crippen LogP contribution in [0.3, 0.4) is 0 Å². The molecule has 0 aromatic carbocycles. The molecule has 1 heterocycles. The summed E-state index contributed by atoms with van der Waals surface area (Å²) in [5.41, 5.74) is 1.52. The van der Waals surface area contributed by atoms with E-state index in [1.54, 1.807) is 0 Å². The van der Waals surface area contributed by atoms with Crippen molar-refractivity contribution in [3.8, 4) is 0 Å². The molecule has 18 heavy (non-hydrogen) atoms. The lowest BCUT2D eigenvalue weighted by Gasteiger charge is -2.35. The monoisotopic (exact) mass is 252 g/mol. The predicted octanol–water partition coefficient (Wildman–Crippen LogP) is 2.32. The standard InChI is InChI=1S/C14H24N2O2/c1-10-5-4-6-14(17,7-10)9-15-8-13-11(2)16-18-12(13)3/h10,15,17H,4-9H2,1-3H3. The Hall–Kier alpha value is -0.870. The maximum absolute atomic E-state index is 10.5. The van der Waals surface area contributed by atoms with Crippen molar-refractivity contribution in [3.63, 3.8) is 0 Å². The van der Waals surface area contributed by atoms with E-state index in [9.17, 15) is 5.11 Å². The first-order chi connectivity index (χ1) is 8.50. The van der Waals surface area contributed by atoms with Crippen molar-refractivity contribution in [1.29, 1.82) is 0 Å². The van der Waals surface area contributed by atoms with E-state index >= 15 is 0 Å². The Balaban J connectivity index is 1.85. The number of hydrogen-bond donors (Lipinski definition) is 2.